The molecule has 1 aromatic carbocycles. The number of ether oxygens (including phenoxy) is 1. The molecule has 2 aliphatic heterocycles. The van der Waals surface area contributed by atoms with Crippen molar-refractivity contribution in [1.82, 2.24) is 4.90 Å². The molecule has 1 amide bonds. The molecular formula is C17H23NO2. The van der Waals surface area contributed by atoms with Crippen molar-refractivity contribution in [3.8, 4) is 0 Å². The Hall–Kier alpha value is -1.35. The average Bonchev–Trinajstić information content (AvgIpc) is 2.85. The van der Waals surface area contributed by atoms with Crippen LogP contribution in [0.3, 0.4) is 0 Å². The fourth-order valence-corrected chi connectivity index (χ4v) is 3.45. The predicted molar refractivity (Wildman–Crippen MR) is 78.4 cm³/mol. The standard InChI is InChI=1S/C17H23NO2/c1-13-11-15-9-10-18(12-16(15)20-13)17(19)8-7-14-5-3-2-4-6-14/h2-6,13,15-16H,7-12H2,1H3/t13-,15-,16+/m1/s1. The maximum absolute atomic E-state index is 12.3. The van der Waals surface area contributed by atoms with Crippen molar-refractivity contribution < 1.29 is 9.53 Å². The number of hydrogen-bond donors (Lipinski definition) is 0. The zero-order valence-corrected chi connectivity index (χ0v) is 12.1. The summed E-state index contributed by atoms with van der Waals surface area (Å²) >= 11 is 0. The molecule has 0 saturated carbocycles. The van der Waals surface area contributed by atoms with Crippen molar-refractivity contribution in [1.29, 1.82) is 0 Å². The van der Waals surface area contributed by atoms with Crippen molar-refractivity contribution >= 4 is 5.91 Å². The van der Waals surface area contributed by atoms with E-state index < -0.39 is 0 Å². The molecule has 0 radical (unpaired) electrons. The van der Waals surface area contributed by atoms with E-state index in [-0.39, 0.29) is 12.0 Å². The highest BCUT2D eigenvalue weighted by Gasteiger charge is 2.38. The van der Waals surface area contributed by atoms with E-state index in [0.717, 1.165) is 32.4 Å². The minimum Gasteiger partial charge on any atom is -0.373 e. The number of hydrogen-bond acceptors (Lipinski definition) is 2. The van der Waals surface area contributed by atoms with Gasteiger partial charge in [0, 0.05) is 19.5 Å². The summed E-state index contributed by atoms with van der Waals surface area (Å²) in [7, 11) is 0. The Morgan fingerprint density at radius 1 is 1.35 bits per heavy atom. The second kappa shape index (κ2) is 5.96. The number of piperidine rings is 1. The van der Waals surface area contributed by atoms with E-state index in [1.165, 1.54) is 5.56 Å². The van der Waals surface area contributed by atoms with Gasteiger partial charge in [-0.15, -0.1) is 0 Å². The summed E-state index contributed by atoms with van der Waals surface area (Å²) in [5, 5.41) is 0. The molecule has 108 valence electrons. The quantitative estimate of drug-likeness (QED) is 0.847. The highest BCUT2D eigenvalue weighted by molar-refractivity contribution is 5.76. The van der Waals surface area contributed by atoms with Crippen molar-refractivity contribution in [3.05, 3.63) is 35.9 Å². The molecule has 20 heavy (non-hydrogen) atoms. The lowest BCUT2D eigenvalue weighted by molar-refractivity contribution is -0.135. The second-order valence-electron chi connectivity index (χ2n) is 6.09. The summed E-state index contributed by atoms with van der Waals surface area (Å²) in [4.78, 5) is 14.3. The van der Waals surface area contributed by atoms with Gasteiger partial charge in [-0.3, -0.25) is 4.79 Å². The van der Waals surface area contributed by atoms with E-state index in [0.29, 0.717) is 18.4 Å². The third-order valence-electron chi connectivity index (χ3n) is 4.56. The van der Waals surface area contributed by atoms with Crippen LogP contribution in [0, 0.1) is 5.92 Å². The summed E-state index contributed by atoms with van der Waals surface area (Å²) in [6.45, 7) is 3.84. The van der Waals surface area contributed by atoms with E-state index in [1.807, 2.05) is 23.1 Å². The molecular weight excluding hydrogens is 250 g/mol. The molecule has 3 rings (SSSR count). The zero-order chi connectivity index (χ0) is 13.9. The number of amides is 1. The van der Waals surface area contributed by atoms with Crippen LogP contribution in [-0.4, -0.2) is 36.1 Å². The van der Waals surface area contributed by atoms with Gasteiger partial charge in [0.05, 0.1) is 12.2 Å². The highest BCUT2D eigenvalue weighted by Crippen LogP contribution is 2.33. The molecule has 0 bridgehead atoms. The molecule has 2 heterocycles. The minimum absolute atomic E-state index is 0.274. The molecule has 0 aromatic heterocycles. The number of rotatable bonds is 3. The van der Waals surface area contributed by atoms with Gasteiger partial charge in [0.2, 0.25) is 5.91 Å². The van der Waals surface area contributed by atoms with Crippen LogP contribution in [0.1, 0.15) is 31.7 Å². The molecule has 0 aliphatic carbocycles. The van der Waals surface area contributed by atoms with Crippen LogP contribution in [0.15, 0.2) is 30.3 Å². The van der Waals surface area contributed by atoms with Gasteiger partial charge >= 0.3 is 0 Å². The lowest BCUT2D eigenvalue weighted by Crippen LogP contribution is -2.45. The first-order valence-electron chi connectivity index (χ1n) is 7.69. The monoisotopic (exact) mass is 273 g/mol. The Bertz CT molecular complexity index is 459. The third kappa shape index (κ3) is 3.04. The average molecular weight is 273 g/mol. The number of carbonyl (C=O) groups excluding carboxylic acids is 1. The van der Waals surface area contributed by atoms with E-state index in [9.17, 15) is 4.79 Å². The lowest BCUT2D eigenvalue weighted by atomic mass is 9.92. The van der Waals surface area contributed by atoms with Crippen LogP contribution in [0.5, 0.6) is 0 Å². The molecule has 3 atom stereocenters. The van der Waals surface area contributed by atoms with Crippen LogP contribution < -0.4 is 0 Å². The Labute approximate surface area is 120 Å². The molecule has 2 fully saturated rings. The normalized spacial score (nSPS) is 29.2. The van der Waals surface area contributed by atoms with Crippen LogP contribution in [0.25, 0.3) is 0 Å². The number of nitrogens with zero attached hydrogens (tertiary/aromatic N) is 1. The zero-order valence-electron chi connectivity index (χ0n) is 12.1. The van der Waals surface area contributed by atoms with Crippen LogP contribution in [-0.2, 0) is 16.0 Å². The van der Waals surface area contributed by atoms with Crippen molar-refractivity contribution in [2.75, 3.05) is 13.1 Å². The largest absolute Gasteiger partial charge is 0.373 e. The molecule has 2 aliphatic rings. The SMILES string of the molecule is C[C@@H]1C[C@H]2CCN(C(=O)CCc3ccccc3)C[C@@H]2O1. The number of carbonyl (C=O) groups is 1. The molecule has 0 unspecified atom stereocenters. The van der Waals surface area contributed by atoms with Gasteiger partial charge in [-0.25, -0.2) is 0 Å². The summed E-state index contributed by atoms with van der Waals surface area (Å²) in [5.74, 6) is 0.943. The Morgan fingerprint density at radius 2 is 2.15 bits per heavy atom. The van der Waals surface area contributed by atoms with Crippen molar-refractivity contribution in [3.63, 3.8) is 0 Å². The molecule has 1 aromatic rings. The van der Waals surface area contributed by atoms with Gasteiger partial charge in [-0.05, 0) is 37.7 Å². The first-order valence-corrected chi connectivity index (χ1v) is 7.69. The van der Waals surface area contributed by atoms with E-state index in [2.05, 4.69) is 19.1 Å². The first kappa shape index (κ1) is 13.6. The highest BCUT2D eigenvalue weighted by atomic mass is 16.5. The Balaban J connectivity index is 1.51. The van der Waals surface area contributed by atoms with E-state index in [1.54, 1.807) is 0 Å². The van der Waals surface area contributed by atoms with Gasteiger partial charge in [0.25, 0.3) is 0 Å². The van der Waals surface area contributed by atoms with Gasteiger partial charge in [-0.2, -0.15) is 0 Å². The second-order valence-corrected chi connectivity index (χ2v) is 6.09. The van der Waals surface area contributed by atoms with Gasteiger partial charge < -0.3 is 9.64 Å². The van der Waals surface area contributed by atoms with Gasteiger partial charge in [0.1, 0.15) is 0 Å². The first-order chi connectivity index (χ1) is 9.72. The lowest BCUT2D eigenvalue weighted by Gasteiger charge is -2.34. The van der Waals surface area contributed by atoms with E-state index in [4.69, 9.17) is 4.74 Å². The Kier molecular flexibility index (Phi) is 4.06. The molecule has 3 heteroatoms. The number of benzene rings is 1. The van der Waals surface area contributed by atoms with E-state index >= 15 is 0 Å². The van der Waals surface area contributed by atoms with Gasteiger partial charge in [0.15, 0.2) is 0 Å². The molecule has 2 saturated heterocycles. The smallest absolute Gasteiger partial charge is 0.222 e. The van der Waals surface area contributed by atoms with Crippen LogP contribution in [0.2, 0.25) is 0 Å². The van der Waals surface area contributed by atoms with Crippen LogP contribution in [0.4, 0.5) is 0 Å². The van der Waals surface area contributed by atoms with Gasteiger partial charge in [-0.1, -0.05) is 30.3 Å². The fraction of sp³-hybridized carbons (Fsp3) is 0.588. The minimum atomic E-state index is 0.274. The maximum Gasteiger partial charge on any atom is 0.222 e. The summed E-state index contributed by atoms with van der Waals surface area (Å²) in [6, 6.07) is 10.2. The van der Waals surface area contributed by atoms with Crippen LogP contribution >= 0.6 is 0 Å². The maximum atomic E-state index is 12.3. The third-order valence-corrected chi connectivity index (χ3v) is 4.56. The van der Waals surface area contributed by atoms with Crippen molar-refractivity contribution in [2.24, 2.45) is 5.92 Å². The Morgan fingerprint density at radius 3 is 2.95 bits per heavy atom. The number of likely N-dealkylation sites (tertiary alicyclic amines) is 1. The molecule has 0 N–H and O–H groups in total. The van der Waals surface area contributed by atoms with Crippen molar-refractivity contribution in [2.45, 2.75) is 44.8 Å². The summed E-state index contributed by atoms with van der Waals surface area (Å²) in [6.07, 6.45) is 4.35. The topological polar surface area (TPSA) is 29.5 Å². The molecule has 0 spiro atoms. The molecule has 3 nitrogen and oxygen atoms in total. The fourth-order valence-electron chi connectivity index (χ4n) is 3.45. The number of aryl methyl sites for hydroxylation is 1. The summed E-state index contributed by atoms with van der Waals surface area (Å²) in [5.41, 5.74) is 1.24. The number of fused-ring (bicyclic) bond motifs is 1. The predicted octanol–water partition coefficient (Wildman–Crippen LogP) is 2.65. The summed E-state index contributed by atoms with van der Waals surface area (Å²) < 4.78 is 5.91.